The lowest BCUT2D eigenvalue weighted by molar-refractivity contribution is -0.137. The molecule has 0 aliphatic heterocycles. The van der Waals surface area contributed by atoms with Crippen LogP contribution in [-0.4, -0.2) is 27.1 Å². The molecule has 2 rings (SSSR count). The van der Waals surface area contributed by atoms with E-state index in [-0.39, 0.29) is 5.02 Å². The summed E-state index contributed by atoms with van der Waals surface area (Å²) in [7, 11) is -4.28. The van der Waals surface area contributed by atoms with Gasteiger partial charge in [0.25, 0.3) is 0 Å². The van der Waals surface area contributed by atoms with Crippen LogP contribution in [0, 0.1) is 11.6 Å². The molecule has 0 spiro atoms. The molecule has 0 aromatic heterocycles. The Kier molecular flexibility index (Phi) is 6.19. The van der Waals surface area contributed by atoms with E-state index in [2.05, 4.69) is 0 Å². The highest BCUT2D eigenvalue weighted by atomic mass is 35.5. The minimum absolute atomic E-state index is 0.304. The van der Waals surface area contributed by atoms with E-state index in [0.29, 0.717) is 22.7 Å². The van der Waals surface area contributed by atoms with Crippen molar-refractivity contribution in [2.45, 2.75) is 6.18 Å². The number of para-hydroxylation sites is 1. The third kappa shape index (κ3) is 5.10. The van der Waals surface area contributed by atoms with Crippen LogP contribution >= 0.6 is 11.6 Å². The molecular formula is C16H12ClF5N2O3S. The summed E-state index contributed by atoms with van der Waals surface area (Å²) in [4.78, 5) is 12.1. The number of hydrogen-bond acceptors (Lipinski definition) is 3. The number of nitrogens with zero attached hydrogens (tertiary/aromatic N) is 1. The van der Waals surface area contributed by atoms with Gasteiger partial charge in [0, 0.05) is 0 Å². The fourth-order valence-corrected chi connectivity index (χ4v) is 3.32. The molecule has 0 unspecified atom stereocenters. The molecular weight excluding hydrogens is 431 g/mol. The van der Waals surface area contributed by atoms with Crippen LogP contribution < -0.4 is 9.62 Å². The molecule has 0 heterocycles. The van der Waals surface area contributed by atoms with Gasteiger partial charge in [-0.05, 0) is 30.3 Å². The monoisotopic (exact) mass is 442 g/mol. The molecule has 0 aliphatic carbocycles. The summed E-state index contributed by atoms with van der Waals surface area (Å²) < 4.78 is 90.4. The average Bonchev–Trinajstić information content (AvgIpc) is 2.55. The second-order valence-electron chi connectivity index (χ2n) is 5.58. The molecule has 12 heteroatoms. The second kappa shape index (κ2) is 7.92. The van der Waals surface area contributed by atoms with Crippen molar-refractivity contribution < 1.29 is 35.2 Å². The number of amides is 1. The molecule has 0 saturated carbocycles. The lowest BCUT2D eigenvalue weighted by Crippen LogP contribution is -2.38. The van der Waals surface area contributed by atoms with Crippen LogP contribution in [0.1, 0.15) is 5.56 Å². The van der Waals surface area contributed by atoms with Gasteiger partial charge in [-0.3, -0.25) is 9.10 Å². The molecule has 2 aromatic rings. The first-order chi connectivity index (χ1) is 12.8. The number of rotatable bonds is 5. The van der Waals surface area contributed by atoms with E-state index in [0.717, 1.165) is 24.3 Å². The number of anilines is 2. The van der Waals surface area contributed by atoms with Gasteiger partial charge in [-0.2, -0.15) is 13.2 Å². The third-order valence-corrected chi connectivity index (χ3v) is 4.90. The standard InChI is InChI=1S/C16H12ClF5N2O3S/c1-28(26,27)24(13-7-9(16(20,21)22)5-6-10(13)17)8-14(25)23-15-11(18)3-2-4-12(15)19/h2-7H,8H2,1H3,(H,23,25). The molecule has 0 radical (unpaired) electrons. The van der Waals surface area contributed by atoms with Crippen LogP contribution in [0.25, 0.3) is 0 Å². The van der Waals surface area contributed by atoms with Crippen molar-refractivity contribution in [3.8, 4) is 0 Å². The predicted molar refractivity (Wildman–Crippen MR) is 93.6 cm³/mol. The van der Waals surface area contributed by atoms with Crippen molar-refractivity contribution in [1.82, 2.24) is 0 Å². The number of benzene rings is 2. The number of halogens is 6. The van der Waals surface area contributed by atoms with Crippen LogP contribution in [-0.2, 0) is 21.0 Å². The summed E-state index contributed by atoms with van der Waals surface area (Å²) >= 11 is 5.82. The maximum absolute atomic E-state index is 13.6. The van der Waals surface area contributed by atoms with Crippen LogP contribution in [0.2, 0.25) is 5.02 Å². The van der Waals surface area contributed by atoms with Crippen molar-refractivity contribution in [2.75, 3.05) is 22.4 Å². The highest BCUT2D eigenvalue weighted by Crippen LogP contribution is 2.36. The molecule has 0 aliphatic rings. The quantitative estimate of drug-likeness (QED) is 0.711. The maximum atomic E-state index is 13.6. The van der Waals surface area contributed by atoms with Crippen LogP contribution in [0.3, 0.4) is 0 Å². The van der Waals surface area contributed by atoms with Gasteiger partial charge in [0.2, 0.25) is 15.9 Å². The van der Waals surface area contributed by atoms with Gasteiger partial charge in [-0.15, -0.1) is 0 Å². The normalized spacial score (nSPS) is 12.0. The highest BCUT2D eigenvalue weighted by molar-refractivity contribution is 7.92. The molecule has 0 atom stereocenters. The van der Waals surface area contributed by atoms with Crippen LogP contribution in [0.5, 0.6) is 0 Å². The summed E-state index contributed by atoms with van der Waals surface area (Å²) in [6.07, 6.45) is -4.15. The van der Waals surface area contributed by atoms with Gasteiger partial charge in [0.1, 0.15) is 23.9 Å². The first kappa shape index (κ1) is 21.9. The fourth-order valence-electron chi connectivity index (χ4n) is 2.19. The number of hydrogen-bond donors (Lipinski definition) is 1. The van der Waals surface area contributed by atoms with Crippen molar-refractivity contribution in [2.24, 2.45) is 0 Å². The minimum Gasteiger partial charge on any atom is -0.320 e. The van der Waals surface area contributed by atoms with Gasteiger partial charge >= 0.3 is 6.18 Å². The minimum atomic E-state index is -4.79. The van der Waals surface area contributed by atoms with Crippen molar-refractivity contribution >= 4 is 38.9 Å². The zero-order chi connectivity index (χ0) is 21.3. The Morgan fingerprint density at radius 1 is 1.14 bits per heavy atom. The Labute approximate surface area is 161 Å². The molecule has 2 aromatic carbocycles. The zero-order valence-electron chi connectivity index (χ0n) is 14.0. The molecule has 152 valence electrons. The summed E-state index contributed by atoms with van der Waals surface area (Å²) in [5.74, 6) is -3.42. The Balaban J connectivity index is 2.40. The lowest BCUT2D eigenvalue weighted by atomic mass is 10.2. The molecule has 0 fully saturated rings. The molecule has 28 heavy (non-hydrogen) atoms. The van der Waals surface area contributed by atoms with E-state index in [9.17, 15) is 35.2 Å². The molecule has 0 saturated heterocycles. The van der Waals surface area contributed by atoms with Gasteiger partial charge < -0.3 is 5.32 Å². The maximum Gasteiger partial charge on any atom is 0.416 e. The first-order valence-electron chi connectivity index (χ1n) is 7.39. The van der Waals surface area contributed by atoms with Gasteiger partial charge in [0.05, 0.1) is 22.5 Å². The number of sulfonamides is 1. The van der Waals surface area contributed by atoms with E-state index in [1.54, 1.807) is 0 Å². The number of nitrogens with one attached hydrogen (secondary N) is 1. The van der Waals surface area contributed by atoms with E-state index in [1.165, 1.54) is 0 Å². The number of carbonyl (C=O) groups excluding carboxylic acids is 1. The topological polar surface area (TPSA) is 66.5 Å². The van der Waals surface area contributed by atoms with Gasteiger partial charge in [0.15, 0.2) is 0 Å². The van der Waals surface area contributed by atoms with Crippen molar-refractivity contribution in [3.05, 3.63) is 58.6 Å². The smallest absolute Gasteiger partial charge is 0.320 e. The Hall–Kier alpha value is -2.40. The summed E-state index contributed by atoms with van der Waals surface area (Å²) in [5, 5.41) is 1.48. The van der Waals surface area contributed by atoms with E-state index >= 15 is 0 Å². The third-order valence-electron chi connectivity index (χ3n) is 3.46. The average molecular weight is 443 g/mol. The summed E-state index contributed by atoms with van der Waals surface area (Å²) in [6, 6.07) is 4.69. The second-order valence-corrected chi connectivity index (χ2v) is 7.89. The van der Waals surface area contributed by atoms with Crippen LogP contribution in [0.15, 0.2) is 36.4 Å². The predicted octanol–water partition coefficient (Wildman–Crippen LogP) is 4.04. The Morgan fingerprint density at radius 2 is 1.71 bits per heavy atom. The Morgan fingerprint density at radius 3 is 2.21 bits per heavy atom. The number of alkyl halides is 3. The Bertz CT molecular complexity index is 992. The van der Waals surface area contributed by atoms with E-state index in [1.807, 2.05) is 5.32 Å². The summed E-state index contributed by atoms with van der Waals surface area (Å²) in [5.41, 5.74) is -2.62. The lowest BCUT2D eigenvalue weighted by Gasteiger charge is -2.24. The van der Waals surface area contributed by atoms with Crippen LogP contribution in [0.4, 0.5) is 33.3 Å². The van der Waals surface area contributed by atoms with E-state index < -0.39 is 57.2 Å². The fraction of sp³-hybridized carbons (Fsp3) is 0.188. The SMILES string of the molecule is CS(=O)(=O)N(CC(=O)Nc1c(F)cccc1F)c1cc(C(F)(F)F)ccc1Cl. The number of carbonyl (C=O) groups is 1. The van der Waals surface area contributed by atoms with Crippen molar-refractivity contribution in [3.63, 3.8) is 0 Å². The largest absolute Gasteiger partial charge is 0.416 e. The summed E-state index contributed by atoms with van der Waals surface area (Å²) in [6.45, 7) is -1.06. The zero-order valence-corrected chi connectivity index (χ0v) is 15.6. The molecule has 0 bridgehead atoms. The van der Waals surface area contributed by atoms with Gasteiger partial charge in [-0.1, -0.05) is 17.7 Å². The van der Waals surface area contributed by atoms with Crippen molar-refractivity contribution in [1.29, 1.82) is 0 Å². The highest BCUT2D eigenvalue weighted by Gasteiger charge is 2.33. The molecule has 1 amide bonds. The molecule has 5 nitrogen and oxygen atoms in total. The van der Waals surface area contributed by atoms with Gasteiger partial charge in [-0.25, -0.2) is 17.2 Å². The first-order valence-corrected chi connectivity index (χ1v) is 9.61. The van der Waals surface area contributed by atoms with E-state index in [4.69, 9.17) is 11.6 Å². The molecule has 1 N–H and O–H groups in total.